The van der Waals surface area contributed by atoms with Crippen molar-refractivity contribution in [3.8, 4) is 0 Å². The highest BCUT2D eigenvalue weighted by Crippen LogP contribution is 1.71. The fraction of sp³-hybridized carbons (Fsp3) is 0.500. The summed E-state index contributed by atoms with van der Waals surface area (Å²) in [5, 5.41) is 11.7. The van der Waals surface area contributed by atoms with E-state index in [-0.39, 0.29) is 0 Å². The molecule has 0 fully saturated rings. The van der Waals surface area contributed by atoms with Crippen molar-refractivity contribution in [3.63, 3.8) is 0 Å². The second kappa shape index (κ2) is 3.01. The first kappa shape index (κ1) is 6.94. The van der Waals surface area contributed by atoms with Crippen LogP contribution >= 0.6 is 0 Å². The van der Waals surface area contributed by atoms with Crippen LogP contribution in [-0.4, -0.2) is 18.9 Å². The molecule has 4 heteroatoms. The molecule has 0 aliphatic heterocycles. The number of aliphatic carboxylic acids is 1. The molecule has 0 bridgehead atoms. The summed E-state index contributed by atoms with van der Waals surface area (Å²) in [5.74, 6) is -1.89. The number of carboxylic acids is 1. The fourth-order valence-electron chi connectivity index (χ4n) is 0.219. The molecule has 0 aliphatic carbocycles. The molecule has 0 atom stereocenters. The van der Waals surface area contributed by atoms with Gasteiger partial charge < -0.3 is 15.2 Å². The molecule has 46 valence electrons. The second-order valence-corrected chi connectivity index (χ2v) is 1.22. The maximum Gasteiger partial charge on any atom is 0.225 e. The van der Waals surface area contributed by atoms with Gasteiger partial charge in [0.1, 0.15) is 0 Å². The van der Waals surface area contributed by atoms with E-state index in [0.717, 1.165) is 0 Å². The molecule has 0 aromatic rings. The predicted molar refractivity (Wildman–Crippen MR) is 23.7 cm³/mol. The van der Waals surface area contributed by atoms with E-state index in [1.807, 2.05) is 0 Å². The summed E-state index contributed by atoms with van der Waals surface area (Å²) in [4.78, 5) is 19.7. The number of rotatable bonds is 2. The Bertz CT molecular complexity index is 110. The number of amides is 1. The van der Waals surface area contributed by atoms with Crippen molar-refractivity contribution in [2.45, 2.75) is 6.42 Å². The lowest BCUT2D eigenvalue weighted by Crippen LogP contribution is -2.30. The molecule has 0 spiro atoms. The zero-order valence-electron chi connectivity index (χ0n) is 4.43. The summed E-state index contributed by atoms with van der Waals surface area (Å²) in [5.41, 5.74) is 0. The van der Waals surface area contributed by atoms with Crippen molar-refractivity contribution in [1.82, 2.24) is 5.32 Å². The molecule has 4 nitrogen and oxygen atoms in total. The Morgan fingerprint density at radius 1 is 1.62 bits per heavy atom. The van der Waals surface area contributed by atoms with Crippen LogP contribution in [0.5, 0.6) is 0 Å². The average Bonchev–Trinajstić information content (AvgIpc) is 1.65. The van der Waals surface area contributed by atoms with Crippen LogP contribution in [0.1, 0.15) is 6.42 Å². The van der Waals surface area contributed by atoms with Gasteiger partial charge in [0.05, 0.1) is 12.4 Å². The quantitative estimate of drug-likeness (QED) is 0.419. The third kappa shape index (κ3) is 3.14. The lowest BCUT2D eigenvalue weighted by molar-refractivity contribution is -0.304. The van der Waals surface area contributed by atoms with E-state index in [2.05, 4.69) is 5.32 Å². The van der Waals surface area contributed by atoms with Gasteiger partial charge in [0.25, 0.3) is 0 Å². The minimum atomic E-state index is -1.36. The van der Waals surface area contributed by atoms with E-state index in [0.29, 0.717) is 0 Å². The van der Waals surface area contributed by atoms with Gasteiger partial charge in [0.15, 0.2) is 0 Å². The molecule has 0 unspecified atom stereocenters. The van der Waals surface area contributed by atoms with Crippen LogP contribution in [0.25, 0.3) is 0 Å². The largest absolute Gasteiger partial charge is 0.550 e. The third-order valence-corrected chi connectivity index (χ3v) is 0.584. The monoisotopic (exact) mass is 116 g/mol. The zero-order chi connectivity index (χ0) is 6.57. The van der Waals surface area contributed by atoms with E-state index in [4.69, 9.17) is 0 Å². The molecule has 0 heterocycles. The fourth-order valence-corrected chi connectivity index (χ4v) is 0.219. The second-order valence-electron chi connectivity index (χ2n) is 1.22. The van der Waals surface area contributed by atoms with E-state index < -0.39 is 18.3 Å². The standard InChI is InChI=1S/C4H7NO3/c1-5-3(6)2-4(7)8/h2H2,1H3,(H,5,6)(H,7,8)/p-1. The lowest BCUT2D eigenvalue weighted by Gasteiger charge is -1.97. The number of carboxylic acid groups (broad SMARTS) is 1. The van der Waals surface area contributed by atoms with Gasteiger partial charge in [-0.25, -0.2) is 0 Å². The van der Waals surface area contributed by atoms with Crippen LogP contribution in [0, 0.1) is 0 Å². The number of hydrogen-bond donors (Lipinski definition) is 1. The molecule has 1 N–H and O–H groups in total. The number of carbonyl (C=O) groups excluding carboxylic acids is 2. The molecule has 0 aromatic carbocycles. The molecular weight excluding hydrogens is 110 g/mol. The van der Waals surface area contributed by atoms with Crippen molar-refractivity contribution in [2.24, 2.45) is 0 Å². The zero-order valence-corrected chi connectivity index (χ0v) is 4.43. The third-order valence-electron chi connectivity index (χ3n) is 0.584. The van der Waals surface area contributed by atoms with Crippen molar-refractivity contribution in [3.05, 3.63) is 0 Å². The lowest BCUT2D eigenvalue weighted by atomic mass is 10.4. The van der Waals surface area contributed by atoms with Crippen LogP contribution in [0.2, 0.25) is 0 Å². The molecular formula is C4H6NO3-. The van der Waals surface area contributed by atoms with Crippen molar-refractivity contribution < 1.29 is 14.7 Å². The van der Waals surface area contributed by atoms with Crippen molar-refractivity contribution in [1.29, 1.82) is 0 Å². The van der Waals surface area contributed by atoms with E-state index in [1.54, 1.807) is 0 Å². The Hall–Kier alpha value is -1.06. The van der Waals surface area contributed by atoms with Crippen molar-refractivity contribution in [2.75, 3.05) is 7.05 Å². The number of nitrogens with one attached hydrogen (secondary N) is 1. The van der Waals surface area contributed by atoms with Crippen molar-refractivity contribution >= 4 is 11.9 Å². The summed E-state index contributed by atoms with van der Waals surface area (Å²) >= 11 is 0. The van der Waals surface area contributed by atoms with Gasteiger partial charge in [-0.15, -0.1) is 0 Å². The molecule has 0 rings (SSSR count). The van der Waals surface area contributed by atoms with Gasteiger partial charge in [-0.05, 0) is 0 Å². The Morgan fingerprint density at radius 3 is 2.25 bits per heavy atom. The normalized spacial score (nSPS) is 8.12. The highest BCUT2D eigenvalue weighted by atomic mass is 16.4. The van der Waals surface area contributed by atoms with E-state index in [1.165, 1.54) is 7.05 Å². The smallest absolute Gasteiger partial charge is 0.225 e. The van der Waals surface area contributed by atoms with Gasteiger partial charge in [0.2, 0.25) is 5.91 Å². The molecule has 0 radical (unpaired) electrons. The first-order valence-corrected chi connectivity index (χ1v) is 2.07. The molecule has 0 aliphatic rings. The highest BCUT2D eigenvalue weighted by Gasteiger charge is 1.94. The first-order chi connectivity index (χ1) is 3.66. The Kier molecular flexibility index (Phi) is 2.61. The summed E-state index contributed by atoms with van der Waals surface area (Å²) in [6.45, 7) is 0. The molecule has 8 heavy (non-hydrogen) atoms. The first-order valence-electron chi connectivity index (χ1n) is 2.07. The van der Waals surface area contributed by atoms with E-state index >= 15 is 0 Å². The SMILES string of the molecule is CNC(=O)CC(=O)[O-]. The van der Waals surface area contributed by atoms with Crippen LogP contribution < -0.4 is 10.4 Å². The predicted octanol–water partition coefficient (Wildman–Crippen LogP) is -2.13. The summed E-state index contributed by atoms with van der Waals surface area (Å²) in [6.07, 6.45) is -0.559. The van der Waals surface area contributed by atoms with Gasteiger partial charge in [-0.1, -0.05) is 0 Å². The van der Waals surface area contributed by atoms with Crippen LogP contribution in [0.3, 0.4) is 0 Å². The Balaban J connectivity index is 3.40. The summed E-state index contributed by atoms with van der Waals surface area (Å²) in [6, 6.07) is 0. The van der Waals surface area contributed by atoms with Gasteiger partial charge in [-0.3, -0.25) is 4.79 Å². The molecule has 0 saturated heterocycles. The minimum Gasteiger partial charge on any atom is -0.550 e. The number of hydrogen-bond acceptors (Lipinski definition) is 3. The van der Waals surface area contributed by atoms with Gasteiger partial charge in [-0.2, -0.15) is 0 Å². The molecule has 1 amide bonds. The summed E-state index contributed by atoms with van der Waals surface area (Å²) in [7, 11) is 1.37. The van der Waals surface area contributed by atoms with E-state index in [9.17, 15) is 14.7 Å². The van der Waals surface area contributed by atoms with Crippen LogP contribution in [-0.2, 0) is 9.59 Å². The Morgan fingerprint density at radius 2 is 2.12 bits per heavy atom. The molecule has 0 aromatic heterocycles. The average molecular weight is 116 g/mol. The summed E-state index contributed by atoms with van der Waals surface area (Å²) < 4.78 is 0. The van der Waals surface area contributed by atoms with Crippen LogP contribution in [0.15, 0.2) is 0 Å². The molecule has 0 saturated carbocycles. The topological polar surface area (TPSA) is 69.2 Å². The maximum atomic E-state index is 10.1. The van der Waals surface area contributed by atoms with Gasteiger partial charge in [0, 0.05) is 7.05 Å². The van der Waals surface area contributed by atoms with Gasteiger partial charge >= 0.3 is 0 Å². The highest BCUT2D eigenvalue weighted by molar-refractivity contribution is 5.92. The number of carbonyl (C=O) groups is 2. The minimum absolute atomic E-state index is 0.537. The Labute approximate surface area is 46.5 Å². The van der Waals surface area contributed by atoms with Crippen LogP contribution in [0.4, 0.5) is 0 Å². The maximum absolute atomic E-state index is 10.1.